The fraction of sp³-hybridized carbons (Fsp3) is 0.333. The molecule has 0 saturated heterocycles. The van der Waals surface area contributed by atoms with Crippen molar-refractivity contribution in [1.82, 2.24) is 9.97 Å². The number of H-pyrrole nitrogens is 1. The zero-order valence-electron chi connectivity index (χ0n) is 11.8. The summed E-state index contributed by atoms with van der Waals surface area (Å²) in [6.45, 7) is 3.84. The SMILES string of the molecule is CCc1c(C)nc(-c2ccc(N(C)C)cc2)[nH]c1=O. The second kappa shape index (κ2) is 5.26. The van der Waals surface area contributed by atoms with Gasteiger partial charge in [-0.2, -0.15) is 0 Å². The Kier molecular flexibility index (Phi) is 3.69. The van der Waals surface area contributed by atoms with Crippen LogP contribution in [0.5, 0.6) is 0 Å². The van der Waals surface area contributed by atoms with E-state index in [-0.39, 0.29) is 5.56 Å². The highest BCUT2D eigenvalue weighted by atomic mass is 16.1. The van der Waals surface area contributed by atoms with E-state index in [1.165, 1.54) is 0 Å². The third-order valence-corrected chi connectivity index (χ3v) is 3.23. The van der Waals surface area contributed by atoms with E-state index in [9.17, 15) is 4.79 Å². The lowest BCUT2D eigenvalue weighted by molar-refractivity contribution is 0.967. The van der Waals surface area contributed by atoms with Crippen LogP contribution in [-0.2, 0) is 6.42 Å². The van der Waals surface area contributed by atoms with Crippen molar-refractivity contribution < 1.29 is 0 Å². The average molecular weight is 257 g/mol. The summed E-state index contributed by atoms with van der Waals surface area (Å²) in [6.07, 6.45) is 0.702. The molecule has 0 radical (unpaired) electrons. The maximum absolute atomic E-state index is 11.9. The minimum Gasteiger partial charge on any atom is -0.378 e. The Morgan fingerprint density at radius 1 is 1.21 bits per heavy atom. The van der Waals surface area contributed by atoms with Gasteiger partial charge in [0.2, 0.25) is 0 Å². The number of anilines is 1. The van der Waals surface area contributed by atoms with Gasteiger partial charge in [-0.3, -0.25) is 4.79 Å². The molecule has 0 aliphatic rings. The van der Waals surface area contributed by atoms with Crippen LogP contribution >= 0.6 is 0 Å². The normalized spacial score (nSPS) is 10.5. The molecule has 0 saturated carbocycles. The predicted octanol–water partition coefficient (Wildman–Crippen LogP) is 2.37. The van der Waals surface area contributed by atoms with Gasteiger partial charge in [0, 0.05) is 36.6 Å². The summed E-state index contributed by atoms with van der Waals surface area (Å²) in [7, 11) is 3.99. The molecule has 0 bridgehead atoms. The van der Waals surface area contributed by atoms with E-state index in [4.69, 9.17) is 0 Å². The molecule has 1 aromatic carbocycles. The van der Waals surface area contributed by atoms with Gasteiger partial charge in [0.1, 0.15) is 5.82 Å². The molecule has 0 unspecified atom stereocenters. The number of nitrogens with zero attached hydrogens (tertiary/aromatic N) is 2. The number of aromatic nitrogens is 2. The molecule has 1 aromatic heterocycles. The van der Waals surface area contributed by atoms with Crippen LogP contribution in [0.15, 0.2) is 29.1 Å². The summed E-state index contributed by atoms with van der Waals surface area (Å²) in [5.41, 5.74) is 3.56. The first kappa shape index (κ1) is 13.3. The summed E-state index contributed by atoms with van der Waals surface area (Å²) >= 11 is 0. The van der Waals surface area contributed by atoms with Gasteiger partial charge in [-0.25, -0.2) is 4.98 Å². The lowest BCUT2D eigenvalue weighted by Crippen LogP contribution is -2.16. The molecule has 1 heterocycles. The van der Waals surface area contributed by atoms with E-state index < -0.39 is 0 Å². The maximum atomic E-state index is 11.9. The first-order chi connectivity index (χ1) is 9.02. The van der Waals surface area contributed by atoms with Crippen LogP contribution in [0.2, 0.25) is 0 Å². The van der Waals surface area contributed by atoms with Crippen LogP contribution in [0.1, 0.15) is 18.2 Å². The molecule has 0 aliphatic heterocycles. The second-order valence-electron chi connectivity index (χ2n) is 4.77. The summed E-state index contributed by atoms with van der Waals surface area (Å²) in [4.78, 5) is 21.3. The van der Waals surface area contributed by atoms with E-state index in [0.717, 1.165) is 22.5 Å². The third kappa shape index (κ3) is 2.67. The van der Waals surface area contributed by atoms with Gasteiger partial charge in [-0.1, -0.05) is 6.92 Å². The highest BCUT2D eigenvalue weighted by Crippen LogP contribution is 2.19. The number of aryl methyl sites for hydroxylation is 1. The molecule has 0 fully saturated rings. The van der Waals surface area contributed by atoms with E-state index in [1.54, 1.807) is 0 Å². The van der Waals surface area contributed by atoms with E-state index >= 15 is 0 Å². The number of benzene rings is 1. The van der Waals surface area contributed by atoms with Gasteiger partial charge >= 0.3 is 0 Å². The van der Waals surface area contributed by atoms with Crippen molar-refractivity contribution in [3.05, 3.63) is 45.9 Å². The van der Waals surface area contributed by atoms with Crippen LogP contribution in [0.25, 0.3) is 11.4 Å². The van der Waals surface area contributed by atoms with Crippen LogP contribution in [0, 0.1) is 6.92 Å². The van der Waals surface area contributed by atoms with Gasteiger partial charge in [0.05, 0.1) is 0 Å². The molecule has 0 atom stereocenters. The van der Waals surface area contributed by atoms with Crippen LogP contribution in [0.4, 0.5) is 5.69 Å². The lowest BCUT2D eigenvalue weighted by atomic mass is 10.1. The van der Waals surface area contributed by atoms with Crippen molar-refractivity contribution in [2.24, 2.45) is 0 Å². The zero-order chi connectivity index (χ0) is 14.0. The predicted molar refractivity (Wildman–Crippen MR) is 78.7 cm³/mol. The fourth-order valence-corrected chi connectivity index (χ4v) is 2.08. The number of hydrogen-bond acceptors (Lipinski definition) is 3. The summed E-state index contributed by atoms with van der Waals surface area (Å²) in [5, 5.41) is 0. The molecule has 1 N–H and O–H groups in total. The van der Waals surface area contributed by atoms with E-state index in [2.05, 4.69) is 9.97 Å². The van der Waals surface area contributed by atoms with Crippen LogP contribution in [0.3, 0.4) is 0 Å². The molecule has 0 amide bonds. The van der Waals surface area contributed by atoms with Crippen molar-refractivity contribution in [3.63, 3.8) is 0 Å². The number of rotatable bonds is 3. The highest BCUT2D eigenvalue weighted by Gasteiger charge is 2.08. The highest BCUT2D eigenvalue weighted by molar-refractivity contribution is 5.60. The first-order valence-corrected chi connectivity index (χ1v) is 6.40. The van der Waals surface area contributed by atoms with Crippen molar-refractivity contribution in [2.45, 2.75) is 20.3 Å². The number of aromatic amines is 1. The maximum Gasteiger partial charge on any atom is 0.254 e. The summed E-state index contributed by atoms with van der Waals surface area (Å²) in [6, 6.07) is 7.97. The Hall–Kier alpha value is -2.10. The van der Waals surface area contributed by atoms with Gasteiger partial charge in [0.15, 0.2) is 0 Å². The van der Waals surface area contributed by atoms with Gasteiger partial charge in [-0.05, 0) is 37.6 Å². The van der Waals surface area contributed by atoms with Crippen molar-refractivity contribution in [3.8, 4) is 11.4 Å². The summed E-state index contributed by atoms with van der Waals surface area (Å²) < 4.78 is 0. The molecule has 4 nitrogen and oxygen atoms in total. The Morgan fingerprint density at radius 3 is 2.32 bits per heavy atom. The standard InChI is InChI=1S/C15H19N3O/c1-5-13-10(2)16-14(17-15(13)19)11-6-8-12(9-7-11)18(3)4/h6-9H,5H2,1-4H3,(H,16,17,19). The number of hydrogen-bond donors (Lipinski definition) is 1. The minimum absolute atomic E-state index is 0.0401. The molecule has 2 rings (SSSR count). The second-order valence-corrected chi connectivity index (χ2v) is 4.77. The van der Waals surface area contributed by atoms with E-state index in [0.29, 0.717) is 12.2 Å². The quantitative estimate of drug-likeness (QED) is 0.918. The van der Waals surface area contributed by atoms with Gasteiger partial charge in [-0.15, -0.1) is 0 Å². The average Bonchev–Trinajstić information content (AvgIpc) is 2.38. The molecular formula is C15H19N3O. The monoisotopic (exact) mass is 257 g/mol. The molecule has 4 heteroatoms. The molecule has 2 aromatic rings. The minimum atomic E-state index is -0.0401. The van der Waals surface area contributed by atoms with Crippen molar-refractivity contribution >= 4 is 5.69 Å². The molecule has 0 aliphatic carbocycles. The smallest absolute Gasteiger partial charge is 0.254 e. The Morgan fingerprint density at radius 2 is 1.84 bits per heavy atom. The molecular weight excluding hydrogens is 238 g/mol. The third-order valence-electron chi connectivity index (χ3n) is 3.23. The molecule has 19 heavy (non-hydrogen) atoms. The Labute approximate surface area is 113 Å². The molecule has 0 spiro atoms. The van der Waals surface area contributed by atoms with Crippen LogP contribution < -0.4 is 10.5 Å². The van der Waals surface area contributed by atoms with Crippen molar-refractivity contribution in [2.75, 3.05) is 19.0 Å². The number of nitrogens with one attached hydrogen (secondary N) is 1. The zero-order valence-corrected chi connectivity index (χ0v) is 11.8. The Balaban J connectivity index is 2.45. The lowest BCUT2D eigenvalue weighted by Gasteiger charge is -2.12. The van der Waals surface area contributed by atoms with Crippen LogP contribution in [-0.4, -0.2) is 24.1 Å². The largest absolute Gasteiger partial charge is 0.378 e. The Bertz CT molecular complexity index is 627. The van der Waals surface area contributed by atoms with Gasteiger partial charge in [0.25, 0.3) is 5.56 Å². The first-order valence-electron chi connectivity index (χ1n) is 6.40. The van der Waals surface area contributed by atoms with Gasteiger partial charge < -0.3 is 9.88 Å². The summed E-state index contributed by atoms with van der Waals surface area (Å²) in [5.74, 6) is 0.630. The van der Waals surface area contributed by atoms with E-state index in [1.807, 2.05) is 57.1 Å². The fourth-order valence-electron chi connectivity index (χ4n) is 2.08. The molecule has 100 valence electrons. The van der Waals surface area contributed by atoms with Crippen molar-refractivity contribution in [1.29, 1.82) is 0 Å². The topological polar surface area (TPSA) is 49.0 Å².